The standard InChI is InChI=1S/C12H24N2O/c1-10(11-6-3-4-7-11)14-9-5-8-12(15)13-2/h10-11,14H,3-9H2,1-2H3,(H,13,15). The van der Waals surface area contributed by atoms with Crippen LogP contribution in [0.4, 0.5) is 0 Å². The molecule has 0 bridgehead atoms. The van der Waals surface area contributed by atoms with Crippen molar-refractivity contribution in [1.82, 2.24) is 10.6 Å². The van der Waals surface area contributed by atoms with Crippen molar-refractivity contribution >= 4 is 5.91 Å². The molecule has 0 heterocycles. The summed E-state index contributed by atoms with van der Waals surface area (Å²) in [5, 5.41) is 6.17. The molecule has 0 aromatic carbocycles. The molecule has 3 heteroatoms. The molecule has 88 valence electrons. The Morgan fingerprint density at radius 3 is 2.67 bits per heavy atom. The molecule has 1 rings (SSSR count). The lowest BCUT2D eigenvalue weighted by molar-refractivity contribution is -0.120. The molecule has 1 saturated carbocycles. The van der Waals surface area contributed by atoms with E-state index in [9.17, 15) is 4.79 Å². The maximum Gasteiger partial charge on any atom is 0.219 e. The Morgan fingerprint density at radius 2 is 2.07 bits per heavy atom. The van der Waals surface area contributed by atoms with Crippen LogP contribution in [0.3, 0.4) is 0 Å². The summed E-state index contributed by atoms with van der Waals surface area (Å²) >= 11 is 0. The summed E-state index contributed by atoms with van der Waals surface area (Å²) in [5.41, 5.74) is 0. The van der Waals surface area contributed by atoms with Crippen LogP contribution in [-0.2, 0) is 4.79 Å². The van der Waals surface area contributed by atoms with Crippen LogP contribution < -0.4 is 10.6 Å². The third-order valence-electron chi connectivity index (χ3n) is 3.43. The van der Waals surface area contributed by atoms with Crippen molar-refractivity contribution < 1.29 is 4.79 Å². The van der Waals surface area contributed by atoms with Crippen LogP contribution in [0.25, 0.3) is 0 Å². The minimum atomic E-state index is 0.144. The molecule has 1 aliphatic rings. The van der Waals surface area contributed by atoms with Crippen LogP contribution in [0.2, 0.25) is 0 Å². The van der Waals surface area contributed by atoms with Crippen LogP contribution in [0.15, 0.2) is 0 Å². The Hall–Kier alpha value is -0.570. The van der Waals surface area contributed by atoms with Crippen molar-refractivity contribution in [3.8, 4) is 0 Å². The first-order valence-electron chi connectivity index (χ1n) is 6.18. The lowest BCUT2D eigenvalue weighted by Crippen LogP contribution is -2.33. The quantitative estimate of drug-likeness (QED) is 0.658. The van der Waals surface area contributed by atoms with Gasteiger partial charge in [0.2, 0.25) is 5.91 Å². The maximum atomic E-state index is 11.0. The zero-order chi connectivity index (χ0) is 11.1. The van der Waals surface area contributed by atoms with Crippen LogP contribution in [-0.4, -0.2) is 25.5 Å². The van der Waals surface area contributed by atoms with Gasteiger partial charge in [0.1, 0.15) is 0 Å². The first-order valence-corrected chi connectivity index (χ1v) is 6.18. The summed E-state index contributed by atoms with van der Waals surface area (Å²) in [6.45, 7) is 3.24. The average Bonchev–Trinajstić information content (AvgIpc) is 2.77. The SMILES string of the molecule is CNC(=O)CCCNC(C)C1CCCC1. The van der Waals surface area contributed by atoms with E-state index in [1.807, 2.05) is 0 Å². The first-order chi connectivity index (χ1) is 7.24. The van der Waals surface area contributed by atoms with E-state index in [4.69, 9.17) is 0 Å². The van der Waals surface area contributed by atoms with Gasteiger partial charge in [-0.1, -0.05) is 12.8 Å². The van der Waals surface area contributed by atoms with E-state index in [0.717, 1.165) is 18.9 Å². The Balaban J connectivity index is 2.01. The van der Waals surface area contributed by atoms with E-state index in [1.165, 1.54) is 25.7 Å². The largest absolute Gasteiger partial charge is 0.359 e. The molecule has 1 fully saturated rings. The van der Waals surface area contributed by atoms with Crippen molar-refractivity contribution in [1.29, 1.82) is 0 Å². The number of carbonyl (C=O) groups excluding carboxylic acids is 1. The van der Waals surface area contributed by atoms with Gasteiger partial charge in [-0.15, -0.1) is 0 Å². The topological polar surface area (TPSA) is 41.1 Å². The summed E-state index contributed by atoms with van der Waals surface area (Å²) in [4.78, 5) is 11.0. The second kappa shape index (κ2) is 6.83. The zero-order valence-electron chi connectivity index (χ0n) is 10.0. The third-order valence-corrected chi connectivity index (χ3v) is 3.43. The molecule has 0 radical (unpaired) electrons. The predicted molar refractivity (Wildman–Crippen MR) is 62.7 cm³/mol. The lowest BCUT2D eigenvalue weighted by atomic mass is 10.00. The summed E-state index contributed by atoms with van der Waals surface area (Å²) in [5.74, 6) is 1.01. The van der Waals surface area contributed by atoms with Crippen LogP contribution in [0, 0.1) is 5.92 Å². The Morgan fingerprint density at radius 1 is 1.40 bits per heavy atom. The second-order valence-electron chi connectivity index (χ2n) is 4.56. The normalized spacial score (nSPS) is 19.1. The van der Waals surface area contributed by atoms with Crippen LogP contribution >= 0.6 is 0 Å². The number of carbonyl (C=O) groups is 1. The fourth-order valence-electron chi connectivity index (χ4n) is 2.33. The van der Waals surface area contributed by atoms with Crippen LogP contribution in [0.1, 0.15) is 45.4 Å². The van der Waals surface area contributed by atoms with Gasteiger partial charge in [0.25, 0.3) is 0 Å². The molecule has 1 atom stereocenters. The van der Waals surface area contributed by atoms with Crippen molar-refractivity contribution in [2.24, 2.45) is 5.92 Å². The van der Waals surface area contributed by atoms with E-state index in [-0.39, 0.29) is 5.91 Å². The fourth-order valence-corrected chi connectivity index (χ4v) is 2.33. The van der Waals surface area contributed by atoms with Gasteiger partial charge in [-0.3, -0.25) is 4.79 Å². The molecule has 1 amide bonds. The maximum absolute atomic E-state index is 11.0. The molecule has 3 nitrogen and oxygen atoms in total. The molecule has 0 aliphatic heterocycles. The summed E-state index contributed by atoms with van der Waals surface area (Å²) in [6.07, 6.45) is 7.13. The lowest BCUT2D eigenvalue weighted by Gasteiger charge is -2.20. The molecule has 0 aromatic heterocycles. The number of rotatable bonds is 6. The Kier molecular flexibility index (Phi) is 5.69. The Bertz CT molecular complexity index is 188. The Labute approximate surface area is 93.0 Å². The predicted octanol–water partition coefficient (Wildman–Crippen LogP) is 1.68. The van der Waals surface area contributed by atoms with Crippen molar-refractivity contribution in [2.45, 2.75) is 51.5 Å². The van der Waals surface area contributed by atoms with Crippen molar-refractivity contribution in [3.05, 3.63) is 0 Å². The van der Waals surface area contributed by atoms with Crippen molar-refractivity contribution in [2.75, 3.05) is 13.6 Å². The van der Waals surface area contributed by atoms with Gasteiger partial charge >= 0.3 is 0 Å². The highest BCUT2D eigenvalue weighted by molar-refractivity contribution is 5.75. The minimum absolute atomic E-state index is 0.144. The molecular formula is C12H24N2O. The van der Waals surface area contributed by atoms with Gasteiger partial charge in [0, 0.05) is 19.5 Å². The number of hydrogen-bond acceptors (Lipinski definition) is 2. The molecule has 2 N–H and O–H groups in total. The van der Waals surface area contributed by atoms with E-state index in [2.05, 4.69) is 17.6 Å². The fraction of sp³-hybridized carbons (Fsp3) is 0.917. The highest BCUT2D eigenvalue weighted by atomic mass is 16.1. The summed E-state index contributed by atoms with van der Waals surface area (Å²) < 4.78 is 0. The summed E-state index contributed by atoms with van der Waals surface area (Å²) in [6, 6.07) is 0.622. The average molecular weight is 212 g/mol. The van der Waals surface area contributed by atoms with Gasteiger partial charge in [0.15, 0.2) is 0 Å². The van der Waals surface area contributed by atoms with Gasteiger partial charge in [0.05, 0.1) is 0 Å². The number of amides is 1. The zero-order valence-corrected chi connectivity index (χ0v) is 10.0. The molecular weight excluding hydrogens is 188 g/mol. The van der Waals surface area contributed by atoms with E-state index >= 15 is 0 Å². The molecule has 15 heavy (non-hydrogen) atoms. The van der Waals surface area contributed by atoms with Gasteiger partial charge < -0.3 is 10.6 Å². The monoisotopic (exact) mass is 212 g/mol. The first kappa shape index (κ1) is 12.5. The molecule has 1 unspecified atom stereocenters. The molecule has 0 aromatic rings. The van der Waals surface area contributed by atoms with Gasteiger partial charge in [-0.2, -0.15) is 0 Å². The summed E-state index contributed by atoms with van der Waals surface area (Å²) in [7, 11) is 1.69. The third kappa shape index (κ3) is 4.65. The minimum Gasteiger partial charge on any atom is -0.359 e. The van der Waals surface area contributed by atoms with E-state index < -0.39 is 0 Å². The van der Waals surface area contributed by atoms with E-state index in [0.29, 0.717) is 12.5 Å². The smallest absolute Gasteiger partial charge is 0.219 e. The van der Waals surface area contributed by atoms with Crippen LogP contribution in [0.5, 0.6) is 0 Å². The van der Waals surface area contributed by atoms with Crippen molar-refractivity contribution in [3.63, 3.8) is 0 Å². The second-order valence-corrected chi connectivity index (χ2v) is 4.56. The highest BCUT2D eigenvalue weighted by Crippen LogP contribution is 2.27. The van der Waals surface area contributed by atoms with Gasteiger partial charge in [-0.05, 0) is 38.6 Å². The molecule has 0 spiro atoms. The molecule has 0 saturated heterocycles. The number of nitrogens with one attached hydrogen (secondary N) is 2. The molecule has 1 aliphatic carbocycles. The van der Waals surface area contributed by atoms with E-state index in [1.54, 1.807) is 7.05 Å². The highest BCUT2D eigenvalue weighted by Gasteiger charge is 2.20. The number of hydrogen-bond donors (Lipinski definition) is 2. The van der Waals surface area contributed by atoms with Gasteiger partial charge in [-0.25, -0.2) is 0 Å².